The Balaban J connectivity index is 4.25. The first-order valence-corrected chi connectivity index (χ1v) is 3.67. The third kappa shape index (κ3) is 3.18. The van der Waals surface area contributed by atoms with E-state index in [2.05, 4.69) is 4.36 Å². The summed E-state index contributed by atoms with van der Waals surface area (Å²) in [5, 5.41) is 0. The normalized spacial score (nSPS) is 8.60. The van der Waals surface area contributed by atoms with Crippen molar-refractivity contribution in [3.05, 3.63) is 0 Å². The molecular formula is C4H8N2O3S. The van der Waals surface area contributed by atoms with Crippen molar-refractivity contribution < 1.29 is 13.2 Å². The van der Waals surface area contributed by atoms with E-state index in [1.54, 1.807) is 6.92 Å². The van der Waals surface area contributed by atoms with Gasteiger partial charge in [0, 0.05) is 13.6 Å². The Kier molecular flexibility index (Phi) is 3.63. The molecule has 0 fully saturated rings. The van der Waals surface area contributed by atoms with Crippen LogP contribution in [0.3, 0.4) is 0 Å². The number of carbonyl (C=O) groups is 1. The van der Waals surface area contributed by atoms with Crippen LogP contribution < -0.4 is 0 Å². The summed E-state index contributed by atoms with van der Waals surface area (Å²) in [4.78, 5) is 11.7. The minimum atomic E-state index is -2.63. The Morgan fingerprint density at radius 2 is 2.10 bits per heavy atom. The summed E-state index contributed by atoms with van der Waals surface area (Å²) < 4.78 is 22.4. The average Bonchev–Trinajstić information content (AvgIpc) is 1.85. The molecule has 0 radical (unpaired) electrons. The summed E-state index contributed by atoms with van der Waals surface area (Å²) >= 11 is 0. The minimum absolute atomic E-state index is 0.444. The molecule has 0 aromatic carbocycles. The molecule has 0 aliphatic carbocycles. The second kappa shape index (κ2) is 3.99. The maximum absolute atomic E-state index is 10.6. The van der Waals surface area contributed by atoms with Crippen LogP contribution in [-0.2, 0) is 10.5 Å². The van der Waals surface area contributed by atoms with E-state index < -0.39 is 16.5 Å². The standard InChI is InChI=1S/C4H8N2O3S/c1-3-6(2)4(7)5-10(8)9/h3H2,1-2H3. The largest absolute Gasteiger partial charge is 0.358 e. The molecule has 0 spiro atoms. The lowest BCUT2D eigenvalue weighted by Gasteiger charge is -2.07. The monoisotopic (exact) mass is 164 g/mol. The summed E-state index contributed by atoms with van der Waals surface area (Å²) in [6.45, 7) is 2.17. The van der Waals surface area contributed by atoms with Gasteiger partial charge in [0.05, 0.1) is 0 Å². The van der Waals surface area contributed by atoms with Crippen molar-refractivity contribution in [3.8, 4) is 0 Å². The van der Waals surface area contributed by atoms with Crippen molar-refractivity contribution in [2.45, 2.75) is 6.92 Å². The van der Waals surface area contributed by atoms with Gasteiger partial charge in [0.25, 0.3) is 0 Å². The third-order valence-corrected chi connectivity index (χ3v) is 1.26. The lowest BCUT2D eigenvalue weighted by Crippen LogP contribution is -2.22. The molecule has 0 unspecified atom stereocenters. The fourth-order valence-corrected chi connectivity index (χ4v) is 0.536. The number of carbonyl (C=O) groups excluding carboxylic acids is 1. The van der Waals surface area contributed by atoms with Crippen LogP contribution in [0, 0.1) is 0 Å². The van der Waals surface area contributed by atoms with Gasteiger partial charge in [-0.1, -0.05) is 4.36 Å². The molecule has 0 aliphatic rings. The molecule has 0 saturated carbocycles. The molecule has 0 aromatic heterocycles. The van der Waals surface area contributed by atoms with E-state index in [1.165, 1.54) is 11.9 Å². The summed E-state index contributed by atoms with van der Waals surface area (Å²) in [5.74, 6) is 0. The molecule has 0 atom stereocenters. The van der Waals surface area contributed by atoms with Crippen LogP contribution in [0.5, 0.6) is 0 Å². The fourth-order valence-electron chi connectivity index (χ4n) is 0.269. The third-order valence-electron chi connectivity index (χ3n) is 0.954. The van der Waals surface area contributed by atoms with Crippen molar-refractivity contribution >= 4 is 16.5 Å². The highest BCUT2D eigenvalue weighted by Gasteiger charge is 2.02. The van der Waals surface area contributed by atoms with Crippen LogP contribution >= 0.6 is 0 Å². The maximum Gasteiger partial charge on any atom is 0.358 e. The predicted molar refractivity (Wildman–Crippen MR) is 35.0 cm³/mol. The topological polar surface area (TPSA) is 66.8 Å². The molecule has 58 valence electrons. The van der Waals surface area contributed by atoms with Crippen LogP contribution in [-0.4, -0.2) is 32.9 Å². The van der Waals surface area contributed by atoms with E-state index in [-0.39, 0.29) is 0 Å². The van der Waals surface area contributed by atoms with Gasteiger partial charge in [-0.15, -0.1) is 0 Å². The Hall–Kier alpha value is -0.910. The number of rotatable bonds is 1. The lowest BCUT2D eigenvalue weighted by atomic mass is 10.6. The van der Waals surface area contributed by atoms with Crippen molar-refractivity contribution in [3.63, 3.8) is 0 Å². The van der Waals surface area contributed by atoms with E-state index in [1.807, 2.05) is 0 Å². The first-order valence-electron chi connectivity index (χ1n) is 2.64. The lowest BCUT2D eigenvalue weighted by molar-refractivity contribution is 0.221. The first kappa shape index (κ1) is 9.09. The van der Waals surface area contributed by atoms with E-state index in [0.29, 0.717) is 6.54 Å². The van der Waals surface area contributed by atoms with Gasteiger partial charge < -0.3 is 4.90 Å². The van der Waals surface area contributed by atoms with Gasteiger partial charge in [-0.3, -0.25) is 0 Å². The van der Waals surface area contributed by atoms with Crippen molar-refractivity contribution in [2.24, 2.45) is 4.36 Å². The van der Waals surface area contributed by atoms with Gasteiger partial charge >= 0.3 is 16.5 Å². The zero-order chi connectivity index (χ0) is 8.15. The Labute approximate surface area is 60.3 Å². The number of amides is 2. The summed E-state index contributed by atoms with van der Waals surface area (Å²) in [7, 11) is -1.16. The molecule has 0 saturated heterocycles. The quantitative estimate of drug-likeness (QED) is 0.552. The van der Waals surface area contributed by atoms with E-state index >= 15 is 0 Å². The molecule has 10 heavy (non-hydrogen) atoms. The maximum atomic E-state index is 10.6. The molecule has 0 N–H and O–H groups in total. The van der Waals surface area contributed by atoms with Gasteiger partial charge in [0.1, 0.15) is 0 Å². The van der Waals surface area contributed by atoms with Crippen molar-refractivity contribution in [1.82, 2.24) is 4.90 Å². The summed E-state index contributed by atoms with van der Waals surface area (Å²) in [6.07, 6.45) is 0. The highest BCUT2D eigenvalue weighted by atomic mass is 32.2. The van der Waals surface area contributed by atoms with Crippen molar-refractivity contribution in [2.75, 3.05) is 13.6 Å². The van der Waals surface area contributed by atoms with E-state index in [0.717, 1.165) is 0 Å². The van der Waals surface area contributed by atoms with Gasteiger partial charge in [-0.05, 0) is 6.92 Å². The van der Waals surface area contributed by atoms with Crippen LogP contribution in [0.4, 0.5) is 4.79 Å². The van der Waals surface area contributed by atoms with Crippen LogP contribution in [0.1, 0.15) is 6.92 Å². The van der Waals surface area contributed by atoms with Gasteiger partial charge in [-0.2, -0.15) is 8.42 Å². The molecule has 0 aromatic rings. The highest BCUT2D eigenvalue weighted by molar-refractivity contribution is 7.62. The minimum Gasteiger partial charge on any atom is -0.325 e. The number of hydrogen-bond acceptors (Lipinski definition) is 3. The zero-order valence-corrected chi connectivity index (χ0v) is 6.55. The summed E-state index contributed by atoms with van der Waals surface area (Å²) in [6, 6.07) is -0.740. The smallest absolute Gasteiger partial charge is 0.325 e. The zero-order valence-electron chi connectivity index (χ0n) is 5.73. The summed E-state index contributed by atoms with van der Waals surface area (Å²) in [5.41, 5.74) is 0. The molecule has 5 nitrogen and oxygen atoms in total. The van der Waals surface area contributed by atoms with Gasteiger partial charge in [-0.25, -0.2) is 4.79 Å². The first-order chi connectivity index (χ1) is 4.57. The van der Waals surface area contributed by atoms with Crippen molar-refractivity contribution in [1.29, 1.82) is 0 Å². The molecule has 0 aliphatic heterocycles. The molecular weight excluding hydrogens is 156 g/mol. The van der Waals surface area contributed by atoms with Crippen LogP contribution in [0.2, 0.25) is 0 Å². The number of nitrogens with zero attached hydrogens (tertiary/aromatic N) is 2. The van der Waals surface area contributed by atoms with E-state index in [4.69, 9.17) is 0 Å². The average molecular weight is 164 g/mol. The number of hydrogen-bond donors (Lipinski definition) is 0. The Bertz CT molecular complexity index is 235. The van der Waals surface area contributed by atoms with Gasteiger partial charge in [0.2, 0.25) is 0 Å². The number of urea groups is 1. The molecule has 0 heterocycles. The fraction of sp³-hybridized carbons (Fsp3) is 0.750. The van der Waals surface area contributed by atoms with Crippen LogP contribution in [0.15, 0.2) is 4.36 Å². The predicted octanol–water partition coefficient (Wildman–Crippen LogP) is 0.121. The molecule has 0 rings (SSSR count). The molecule has 0 bridgehead atoms. The highest BCUT2D eigenvalue weighted by Crippen LogP contribution is 1.86. The second-order valence-electron chi connectivity index (χ2n) is 1.61. The van der Waals surface area contributed by atoms with Gasteiger partial charge in [0.15, 0.2) is 0 Å². The molecule has 6 heteroatoms. The SMILES string of the molecule is CCN(C)C(=O)N=S(=O)=O. The second-order valence-corrected chi connectivity index (χ2v) is 2.22. The van der Waals surface area contributed by atoms with E-state index in [9.17, 15) is 13.2 Å². The Morgan fingerprint density at radius 3 is 2.40 bits per heavy atom. The van der Waals surface area contributed by atoms with Crippen LogP contribution in [0.25, 0.3) is 0 Å². The Morgan fingerprint density at radius 1 is 1.60 bits per heavy atom. The molecule has 2 amide bonds.